The number of hydrogen-bond donors (Lipinski definition) is 1. The second kappa shape index (κ2) is 35.8. The van der Waals surface area contributed by atoms with Crippen LogP contribution in [-0.4, -0.2) is 60.8 Å². The number of nitrogens with zero attached hydrogens (tertiary/aromatic N) is 1. The van der Waals surface area contributed by atoms with Gasteiger partial charge in [0, 0.05) is 23.3 Å². The van der Waals surface area contributed by atoms with E-state index in [-0.39, 0.29) is 11.9 Å². The van der Waals surface area contributed by atoms with Crippen LogP contribution in [-0.2, 0) is 23.9 Å². The normalized spacial score (nSPS) is 10.4. The molecular formula is C38H69NO6. The topological polar surface area (TPSA) is 93.1 Å². The summed E-state index contributed by atoms with van der Waals surface area (Å²) in [7, 11) is 0. The largest absolute Gasteiger partial charge is 0.478 e. The molecule has 0 aliphatic rings. The van der Waals surface area contributed by atoms with Crippen molar-refractivity contribution >= 4 is 17.9 Å². The molecule has 7 nitrogen and oxygen atoms in total. The molecule has 0 rings (SSSR count). The number of unbranched alkanes of at least 4 members (excludes halogenated alkanes) is 12. The van der Waals surface area contributed by atoms with Crippen molar-refractivity contribution in [3.8, 4) is 0 Å². The second-order valence-electron chi connectivity index (χ2n) is 11.5. The summed E-state index contributed by atoms with van der Waals surface area (Å²) >= 11 is 0. The van der Waals surface area contributed by atoms with E-state index in [1.54, 1.807) is 13.8 Å². The summed E-state index contributed by atoms with van der Waals surface area (Å²) in [6.45, 7) is 25.9. The van der Waals surface area contributed by atoms with Gasteiger partial charge in [0.15, 0.2) is 0 Å². The molecule has 0 heterocycles. The maximum Gasteiger partial charge on any atom is 0.333 e. The van der Waals surface area contributed by atoms with Crippen LogP contribution in [0.4, 0.5) is 0 Å². The lowest BCUT2D eigenvalue weighted by Gasteiger charge is -2.17. The van der Waals surface area contributed by atoms with Crippen molar-refractivity contribution in [2.24, 2.45) is 0 Å². The van der Waals surface area contributed by atoms with Gasteiger partial charge in [-0.05, 0) is 65.5 Å². The molecule has 0 aliphatic heterocycles. The number of ether oxygens (including phenoxy) is 2. The zero-order valence-corrected chi connectivity index (χ0v) is 30.1. The minimum atomic E-state index is -0.883. The van der Waals surface area contributed by atoms with Gasteiger partial charge in [-0.2, -0.15) is 0 Å². The number of carbonyl (C=O) groups excluding carboxylic acids is 2. The number of likely N-dealkylation sites (N-methyl/N-ethyl adjacent to an activating group) is 1. The van der Waals surface area contributed by atoms with Gasteiger partial charge >= 0.3 is 17.9 Å². The first-order valence-electron chi connectivity index (χ1n) is 17.4. The van der Waals surface area contributed by atoms with Gasteiger partial charge in [0.05, 0.1) is 6.61 Å². The Bertz CT molecular complexity index is 813. The maximum absolute atomic E-state index is 11.2. The summed E-state index contributed by atoms with van der Waals surface area (Å²) in [6, 6.07) is 0. The minimum absolute atomic E-state index is 0.261. The van der Waals surface area contributed by atoms with E-state index >= 15 is 0 Å². The van der Waals surface area contributed by atoms with Crippen LogP contribution in [0.2, 0.25) is 0 Å². The lowest BCUT2D eigenvalue weighted by Crippen LogP contribution is -2.27. The highest BCUT2D eigenvalue weighted by molar-refractivity contribution is 5.87. The number of esters is 2. The number of aliphatic carboxylic acids is 1. The van der Waals surface area contributed by atoms with E-state index in [1.807, 2.05) is 6.92 Å². The highest BCUT2D eigenvalue weighted by Gasteiger charge is 2.04. The summed E-state index contributed by atoms with van der Waals surface area (Å²) < 4.78 is 10.0. The van der Waals surface area contributed by atoms with E-state index in [0.29, 0.717) is 36.4 Å². The predicted molar refractivity (Wildman–Crippen MR) is 190 cm³/mol. The number of carboxylic acids is 1. The number of hydrogen-bond acceptors (Lipinski definition) is 6. The van der Waals surface area contributed by atoms with E-state index in [4.69, 9.17) is 14.6 Å². The average Bonchev–Trinajstić information content (AvgIpc) is 3.01. The van der Waals surface area contributed by atoms with Gasteiger partial charge in [-0.3, -0.25) is 0 Å². The molecule has 0 aromatic rings. The summed E-state index contributed by atoms with van der Waals surface area (Å²) in [5.41, 5.74) is 1.24. The molecule has 1 N–H and O–H groups in total. The lowest BCUT2D eigenvalue weighted by molar-refractivity contribution is -0.140. The Morgan fingerprint density at radius 2 is 1.04 bits per heavy atom. The molecule has 0 radical (unpaired) electrons. The Kier molecular flexibility index (Phi) is 37.2. The molecule has 0 amide bonds. The van der Waals surface area contributed by atoms with Crippen molar-refractivity contribution in [1.82, 2.24) is 4.90 Å². The second-order valence-corrected chi connectivity index (χ2v) is 11.5. The Balaban J connectivity index is -0.000000697. The number of allylic oxidation sites excluding steroid dienone is 2. The van der Waals surface area contributed by atoms with E-state index < -0.39 is 5.97 Å². The molecule has 0 unspecified atom stereocenters. The van der Waals surface area contributed by atoms with Crippen LogP contribution in [0.1, 0.15) is 144 Å². The maximum atomic E-state index is 11.2. The van der Waals surface area contributed by atoms with Gasteiger partial charge < -0.3 is 19.5 Å². The van der Waals surface area contributed by atoms with E-state index in [1.165, 1.54) is 77.0 Å². The zero-order valence-electron chi connectivity index (χ0n) is 30.1. The van der Waals surface area contributed by atoms with Crippen LogP contribution in [0.3, 0.4) is 0 Å². The van der Waals surface area contributed by atoms with Gasteiger partial charge in [0.2, 0.25) is 0 Å². The van der Waals surface area contributed by atoms with Gasteiger partial charge in [0.1, 0.15) is 6.61 Å². The molecule has 0 aromatic heterocycles. The Labute approximate surface area is 277 Å². The highest BCUT2D eigenvalue weighted by atomic mass is 16.5. The Hall–Kier alpha value is -2.67. The van der Waals surface area contributed by atoms with Gasteiger partial charge in [-0.1, -0.05) is 124 Å². The first-order chi connectivity index (χ1) is 21.5. The fourth-order valence-corrected chi connectivity index (χ4v) is 3.98. The molecule has 0 atom stereocenters. The molecular weight excluding hydrogens is 566 g/mol. The van der Waals surface area contributed by atoms with Crippen molar-refractivity contribution < 1.29 is 29.0 Å². The summed E-state index contributed by atoms with van der Waals surface area (Å²) in [5, 5.41) is 8.21. The first-order valence-corrected chi connectivity index (χ1v) is 17.4. The third kappa shape index (κ3) is 37.4. The van der Waals surface area contributed by atoms with Gasteiger partial charge in [-0.25, -0.2) is 14.4 Å². The summed E-state index contributed by atoms with van der Waals surface area (Å²) in [4.78, 5) is 34.3. The van der Waals surface area contributed by atoms with Crippen molar-refractivity contribution in [2.75, 3.05) is 32.8 Å². The monoisotopic (exact) mass is 636 g/mol. The molecule has 0 fully saturated rings. The first kappa shape index (κ1) is 46.7. The molecule has 262 valence electrons. The molecule has 0 saturated carbocycles. The summed E-state index contributed by atoms with van der Waals surface area (Å²) in [5.74, 6) is -1.44. The molecule has 45 heavy (non-hydrogen) atoms. The van der Waals surface area contributed by atoms with Gasteiger partial charge in [0.25, 0.3) is 0 Å². The third-order valence-electron chi connectivity index (χ3n) is 6.98. The standard InChI is InChI=1S/C22H40O2.C10H19NO2.C6H10O2/c1-4-5-6-7-8-9-10-11-12-13-14-15-16-17-18-19-20-24-22(23)21(2)3;1-5-11(6-2)7-8-13-10(12)9(3)4;1-3-4-5(2)6(7)8/h11-12H,2,4-10,13-20H2,1,3H3;3,5-8H2,1-2,4H3;2-4H2,1H3,(H,7,8)/b12-11-;;. The van der Waals surface area contributed by atoms with Crippen molar-refractivity contribution in [1.29, 1.82) is 0 Å². The number of rotatable bonds is 26. The van der Waals surface area contributed by atoms with Crippen molar-refractivity contribution in [3.63, 3.8) is 0 Å². The molecule has 0 saturated heterocycles. The van der Waals surface area contributed by atoms with Crippen LogP contribution in [0.15, 0.2) is 48.6 Å². The average molecular weight is 636 g/mol. The fraction of sp³-hybridized carbons (Fsp3) is 0.711. The van der Waals surface area contributed by atoms with Crippen LogP contribution in [0.25, 0.3) is 0 Å². The Morgan fingerprint density at radius 1 is 0.622 bits per heavy atom. The fourth-order valence-electron chi connectivity index (χ4n) is 3.98. The van der Waals surface area contributed by atoms with E-state index in [0.717, 1.165) is 38.9 Å². The van der Waals surface area contributed by atoms with E-state index in [9.17, 15) is 14.4 Å². The van der Waals surface area contributed by atoms with Crippen LogP contribution in [0.5, 0.6) is 0 Å². The van der Waals surface area contributed by atoms with Crippen LogP contribution >= 0.6 is 0 Å². The van der Waals surface area contributed by atoms with Crippen LogP contribution < -0.4 is 0 Å². The quantitative estimate of drug-likeness (QED) is 0.0437. The predicted octanol–water partition coefficient (Wildman–Crippen LogP) is 10.0. The van der Waals surface area contributed by atoms with Gasteiger partial charge in [-0.15, -0.1) is 0 Å². The van der Waals surface area contributed by atoms with Crippen molar-refractivity contribution in [3.05, 3.63) is 48.6 Å². The number of carbonyl (C=O) groups is 3. The molecule has 7 heteroatoms. The zero-order chi connectivity index (χ0) is 34.7. The van der Waals surface area contributed by atoms with Crippen molar-refractivity contribution in [2.45, 2.75) is 144 Å². The molecule has 0 spiro atoms. The molecule has 0 aliphatic carbocycles. The smallest absolute Gasteiger partial charge is 0.333 e. The molecule has 0 aromatic carbocycles. The lowest BCUT2D eigenvalue weighted by atomic mass is 10.1. The highest BCUT2D eigenvalue weighted by Crippen LogP contribution is 2.10. The minimum Gasteiger partial charge on any atom is -0.478 e. The van der Waals surface area contributed by atoms with Crippen LogP contribution in [0, 0.1) is 0 Å². The number of carboxylic acid groups (broad SMARTS) is 1. The SMILES string of the molecule is C=C(C)C(=O)OCCCCCCCC/C=C\CCCCCCCC.C=C(C)C(=O)OCCN(CC)CC.C=C(CCC)C(=O)O. The molecule has 0 bridgehead atoms. The summed E-state index contributed by atoms with van der Waals surface area (Å²) in [6.07, 6.45) is 24.2. The van der Waals surface area contributed by atoms with E-state index in [2.05, 4.69) is 57.6 Å². The third-order valence-corrected chi connectivity index (χ3v) is 6.98. The Morgan fingerprint density at radius 3 is 1.42 bits per heavy atom.